The van der Waals surface area contributed by atoms with Gasteiger partial charge in [0.25, 0.3) is 11.6 Å². The molecule has 10 nitrogen and oxygen atoms in total. The molecule has 0 saturated heterocycles. The van der Waals surface area contributed by atoms with Gasteiger partial charge < -0.3 is 10.1 Å². The second kappa shape index (κ2) is 9.72. The molecule has 0 unspecified atom stereocenters. The average Bonchev–Trinajstić information content (AvgIpc) is 3.44. The minimum Gasteiger partial charge on any atom is -0.470 e. The fourth-order valence-corrected chi connectivity index (χ4v) is 3.24. The van der Waals surface area contributed by atoms with Gasteiger partial charge in [-0.25, -0.2) is 4.68 Å². The maximum absolute atomic E-state index is 12.5. The van der Waals surface area contributed by atoms with E-state index in [1.54, 1.807) is 35.3 Å². The van der Waals surface area contributed by atoms with E-state index in [1.807, 2.05) is 12.1 Å². The van der Waals surface area contributed by atoms with Gasteiger partial charge in [-0.1, -0.05) is 35.3 Å². The number of halogens is 2. The van der Waals surface area contributed by atoms with Crippen LogP contribution in [0.4, 0.5) is 11.5 Å². The van der Waals surface area contributed by atoms with E-state index in [0.717, 1.165) is 5.56 Å². The summed E-state index contributed by atoms with van der Waals surface area (Å²) in [6, 6.07) is 14.5. The Labute approximate surface area is 197 Å². The number of benzene rings is 2. The van der Waals surface area contributed by atoms with E-state index < -0.39 is 10.8 Å². The second-order valence-electron chi connectivity index (χ2n) is 6.86. The molecule has 2 heterocycles. The molecule has 0 aliphatic carbocycles. The molecule has 2 aromatic heterocycles. The first-order valence-electron chi connectivity index (χ1n) is 9.57. The number of hydrogen-bond acceptors (Lipinski definition) is 6. The highest BCUT2D eigenvalue weighted by Crippen LogP contribution is 2.28. The number of carbonyl (C=O) groups is 1. The number of ether oxygens (including phenoxy) is 1. The summed E-state index contributed by atoms with van der Waals surface area (Å²) in [4.78, 5) is 22.7. The van der Waals surface area contributed by atoms with Crippen LogP contribution in [0.1, 0.15) is 16.1 Å². The molecule has 168 valence electrons. The Balaban J connectivity index is 1.33. The molecule has 4 aromatic rings. The number of hydrogen-bond donors (Lipinski definition) is 1. The highest BCUT2D eigenvalue weighted by Gasteiger charge is 2.13. The van der Waals surface area contributed by atoms with Crippen molar-refractivity contribution in [2.45, 2.75) is 13.3 Å². The predicted octanol–water partition coefficient (Wildman–Crippen LogP) is 4.63. The first-order valence-corrected chi connectivity index (χ1v) is 10.3. The average molecular weight is 487 g/mol. The number of amides is 1. The van der Waals surface area contributed by atoms with E-state index in [4.69, 9.17) is 27.9 Å². The lowest BCUT2D eigenvalue weighted by Gasteiger charge is -2.07. The van der Waals surface area contributed by atoms with Gasteiger partial charge in [-0.2, -0.15) is 10.2 Å². The maximum Gasteiger partial charge on any atom is 0.277 e. The number of nitro benzene ring substituents is 1. The van der Waals surface area contributed by atoms with E-state index in [9.17, 15) is 14.9 Å². The number of non-ortho nitro benzene ring substituents is 1. The lowest BCUT2D eigenvalue weighted by atomic mass is 10.2. The highest BCUT2D eigenvalue weighted by molar-refractivity contribution is 6.32. The molecule has 0 bridgehead atoms. The molecule has 0 spiro atoms. The fourth-order valence-electron chi connectivity index (χ4n) is 2.88. The van der Waals surface area contributed by atoms with Crippen LogP contribution in [0.2, 0.25) is 10.0 Å². The molecule has 1 amide bonds. The maximum atomic E-state index is 12.5. The van der Waals surface area contributed by atoms with Gasteiger partial charge in [-0.15, -0.1) is 0 Å². The molecule has 4 rings (SSSR count). The Hall–Kier alpha value is -3.89. The van der Waals surface area contributed by atoms with Crippen LogP contribution in [-0.4, -0.2) is 30.4 Å². The number of aromatic nitrogens is 4. The summed E-state index contributed by atoms with van der Waals surface area (Å²) in [5.41, 5.74) is 1.05. The van der Waals surface area contributed by atoms with Crippen molar-refractivity contribution in [3.05, 3.63) is 98.4 Å². The van der Waals surface area contributed by atoms with Crippen LogP contribution < -0.4 is 10.1 Å². The summed E-state index contributed by atoms with van der Waals surface area (Å²) in [6.07, 6.45) is 3.32. The van der Waals surface area contributed by atoms with Gasteiger partial charge in [0.05, 0.1) is 16.5 Å². The molecule has 12 heteroatoms. The molecule has 0 radical (unpaired) electrons. The normalized spacial score (nSPS) is 10.7. The first kappa shape index (κ1) is 22.3. The minimum absolute atomic E-state index is 0.0411. The van der Waals surface area contributed by atoms with Crippen molar-refractivity contribution in [3.8, 4) is 5.75 Å². The molecule has 1 N–H and O–H groups in total. The van der Waals surface area contributed by atoms with E-state index in [-0.39, 0.29) is 28.9 Å². The van der Waals surface area contributed by atoms with Gasteiger partial charge >= 0.3 is 0 Å². The molecule has 0 atom stereocenters. The Morgan fingerprint density at radius 1 is 1.03 bits per heavy atom. The van der Waals surface area contributed by atoms with Crippen molar-refractivity contribution < 1.29 is 14.5 Å². The smallest absolute Gasteiger partial charge is 0.277 e. The fraction of sp³-hybridized carbons (Fsp3) is 0.0952. The summed E-state index contributed by atoms with van der Waals surface area (Å²) in [5, 5.41) is 22.7. The molecule has 0 fully saturated rings. The number of carbonyl (C=O) groups excluding carboxylic acids is 1. The van der Waals surface area contributed by atoms with Gasteiger partial charge in [-0.3, -0.25) is 19.6 Å². The first-order chi connectivity index (χ1) is 15.9. The molecule has 2 aromatic carbocycles. The van der Waals surface area contributed by atoms with Gasteiger partial charge in [0.15, 0.2) is 18.2 Å². The lowest BCUT2D eigenvalue weighted by molar-refractivity contribution is -0.384. The van der Waals surface area contributed by atoms with Gasteiger partial charge in [-0.05, 0) is 29.8 Å². The molecule has 0 aliphatic rings. The molecule has 0 aliphatic heterocycles. The summed E-state index contributed by atoms with van der Waals surface area (Å²) >= 11 is 11.9. The number of nitrogens with one attached hydrogen (secondary N) is 1. The summed E-state index contributed by atoms with van der Waals surface area (Å²) in [5.74, 6) is 0.214. The SMILES string of the molecule is O=C(Nc1ccn(Cc2ccc(Cl)cc2)n1)c1ccn(COc2ccc([N+](=O)[O-])cc2Cl)n1. The third kappa shape index (κ3) is 5.68. The Bertz CT molecular complexity index is 1300. The summed E-state index contributed by atoms with van der Waals surface area (Å²) in [7, 11) is 0. The van der Waals surface area contributed by atoms with Crippen LogP contribution in [0, 0.1) is 10.1 Å². The van der Waals surface area contributed by atoms with Crippen LogP contribution in [-0.2, 0) is 13.3 Å². The van der Waals surface area contributed by atoms with Crippen molar-refractivity contribution in [3.63, 3.8) is 0 Å². The third-order valence-electron chi connectivity index (χ3n) is 4.49. The summed E-state index contributed by atoms with van der Waals surface area (Å²) < 4.78 is 8.61. The zero-order valence-electron chi connectivity index (χ0n) is 16.9. The molecule has 33 heavy (non-hydrogen) atoms. The standard InChI is InChI=1S/C21H16Cl2N6O4/c22-15-3-1-14(2-4-15)12-27-10-8-20(26-27)24-21(30)18-7-9-28(25-18)13-33-19-6-5-16(29(31)32)11-17(19)23/h1-11H,12-13H2,(H,24,26,30). The van der Waals surface area contributed by atoms with Crippen LogP contribution in [0.3, 0.4) is 0 Å². The van der Waals surface area contributed by atoms with Crippen LogP contribution >= 0.6 is 23.2 Å². The summed E-state index contributed by atoms with van der Waals surface area (Å²) in [6.45, 7) is 0.491. The molecule has 0 saturated carbocycles. The highest BCUT2D eigenvalue weighted by atomic mass is 35.5. The largest absolute Gasteiger partial charge is 0.470 e. The number of rotatable bonds is 8. The number of nitrogens with zero attached hydrogens (tertiary/aromatic N) is 5. The minimum atomic E-state index is -0.547. The van der Waals surface area contributed by atoms with Gasteiger partial charge in [0.1, 0.15) is 5.75 Å². The predicted molar refractivity (Wildman–Crippen MR) is 122 cm³/mol. The van der Waals surface area contributed by atoms with Gasteiger partial charge in [0.2, 0.25) is 0 Å². The van der Waals surface area contributed by atoms with E-state index >= 15 is 0 Å². The number of nitro groups is 1. The second-order valence-corrected chi connectivity index (χ2v) is 7.71. The Kier molecular flexibility index (Phi) is 6.57. The zero-order valence-corrected chi connectivity index (χ0v) is 18.4. The topological polar surface area (TPSA) is 117 Å². The number of anilines is 1. The Morgan fingerprint density at radius 2 is 1.79 bits per heavy atom. The van der Waals surface area contributed by atoms with Crippen molar-refractivity contribution in [2.24, 2.45) is 0 Å². The van der Waals surface area contributed by atoms with Crippen molar-refractivity contribution in [1.82, 2.24) is 19.6 Å². The van der Waals surface area contributed by atoms with Crippen molar-refractivity contribution in [1.29, 1.82) is 0 Å². The quantitative estimate of drug-likeness (QED) is 0.286. The van der Waals surface area contributed by atoms with E-state index in [0.29, 0.717) is 17.4 Å². The monoisotopic (exact) mass is 486 g/mol. The van der Waals surface area contributed by atoms with Crippen LogP contribution in [0.25, 0.3) is 0 Å². The third-order valence-corrected chi connectivity index (χ3v) is 5.04. The molecular formula is C21H16Cl2N6O4. The zero-order chi connectivity index (χ0) is 23.4. The van der Waals surface area contributed by atoms with Crippen LogP contribution in [0.5, 0.6) is 5.75 Å². The van der Waals surface area contributed by atoms with Crippen molar-refractivity contribution in [2.75, 3.05) is 5.32 Å². The molecular weight excluding hydrogens is 471 g/mol. The van der Waals surface area contributed by atoms with Gasteiger partial charge in [0, 0.05) is 35.6 Å². The Morgan fingerprint density at radius 3 is 2.52 bits per heavy atom. The van der Waals surface area contributed by atoms with Crippen molar-refractivity contribution >= 4 is 40.6 Å². The lowest BCUT2D eigenvalue weighted by Crippen LogP contribution is -2.15. The van der Waals surface area contributed by atoms with Crippen LogP contribution in [0.15, 0.2) is 67.0 Å². The van der Waals surface area contributed by atoms with E-state index in [1.165, 1.54) is 28.9 Å². The van der Waals surface area contributed by atoms with E-state index in [2.05, 4.69) is 15.5 Å².